The number of amides is 3. The molecule has 1 heterocycles. The van der Waals surface area contributed by atoms with E-state index in [0.29, 0.717) is 19.3 Å². The third kappa shape index (κ3) is 6.90. The lowest BCUT2D eigenvalue weighted by Crippen LogP contribution is -2.66. The van der Waals surface area contributed by atoms with Crippen LogP contribution in [0.2, 0.25) is 0 Å². The summed E-state index contributed by atoms with van der Waals surface area (Å²) in [5.41, 5.74) is 2.59. The van der Waals surface area contributed by atoms with Gasteiger partial charge >= 0.3 is 6.09 Å². The summed E-state index contributed by atoms with van der Waals surface area (Å²) in [4.78, 5) is 44.1. The Balaban J connectivity index is 1.59. The number of rotatable bonds is 11. The SMILES string of the molecule is CCC(C)C(NC(=O)OCc1ccccc1)C(=O)NC1(C(=O)NC(CO)C(C)C)CCc2[nH]c3ccccc3c2C1. The molecule has 0 saturated carbocycles. The second kappa shape index (κ2) is 13.2. The molecule has 1 aliphatic carbocycles. The van der Waals surface area contributed by atoms with Crippen molar-refractivity contribution in [2.75, 3.05) is 6.61 Å². The van der Waals surface area contributed by atoms with Gasteiger partial charge in [-0.15, -0.1) is 0 Å². The van der Waals surface area contributed by atoms with Crippen LogP contribution in [0.4, 0.5) is 4.79 Å². The molecule has 2 aromatic carbocycles. The Bertz CT molecular complexity index is 1350. The van der Waals surface area contributed by atoms with Crippen LogP contribution in [-0.2, 0) is 33.8 Å². The van der Waals surface area contributed by atoms with Gasteiger partial charge in [0.15, 0.2) is 0 Å². The molecule has 4 atom stereocenters. The number of alkyl carbamates (subject to hydrolysis) is 1. The van der Waals surface area contributed by atoms with E-state index in [-0.39, 0.29) is 37.4 Å². The van der Waals surface area contributed by atoms with Crippen LogP contribution < -0.4 is 16.0 Å². The molecule has 0 radical (unpaired) electrons. The zero-order valence-electron chi connectivity index (χ0n) is 24.3. The molecule has 5 N–H and O–H groups in total. The van der Waals surface area contributed by atoms with Gasteiger partial charge in [0.25, 0.3) is 0 Å². The standard InChI is InChI=1S/C32H42N4O5/c1-5-21(4)28(35-31(40)41-19-22-11-7-6-8-12-22)29(38)36-32(30(39)34-27(18-37)20(2)3)16-15-26-24(17-32)23-13-9-10-14-25(23)33-26/h6-14,20-21,27-28,33,37H,5,15-19H2,1-4H3,(H,34,39)(H,35,40)(H,36,38). The number of para-hydroxylation sites is 1. The topological polar surface area (TPSA) is 133 Å². The third-order valence-electron chi connectivity index (χ3n) is 8.28. The minimum absolute atomic E-state index is 0.00199. The predicted octanol–water partition coefficient (Wildman–Crippen LogP) is 3.99. The molecule has 0 aliphatic heterocycles. The van der Waals surface area contributed by atoms with Gasteiger partial charge < -0.3 is 30.8 Å². The number of fused-ring (bicyclic) bond motifs is 3. The maximum atomic E-state index is 14.0. The molecule has 0 spiro atoms. The quantitative estimate of drug-likeness (QED) is 0.241. The molecule has 9 heteroatoms. The van der Waals surface area contributed by atoms with Crippen LogP contribution in [-0.4, -0.2) is 52.2 Å². The molecule has 0 saturated heterocycles. The van der Waals surface area contributed by atoms with E-state index in [1.165, 1.54) is 0 Å². The fourth-order valence-corrected chi connectivity index (χ4v) is 5.39. The number of aliphatic hydroxyl groups excluding tert-OH is 1. The van der Waals surface area contributed by atoms with Gasteiger partial charge in [-0.2, -0.15) is 0 Å². The Morgan fingerprint density at radius 1 is 1.02 bits per heavy atom. The average Bonchev–Trinajstić information content (AvgIpc) is 3.35. The lowest BCUT2D eigenvalue weighted by Gasteiger charge is -2.39. The van der Waals surface area contributed by atoms with Crippen LogP contribution in [0.1, 0.15) is 57.4 Å². The molecule has 0 bridgehead atoms. The molecule has 1 aromatic heterocycles. The Morgan fingerprint density at radius 3 is 2.41 bits per heavy atom. The number of aromatic nitrogens is 1. The average molecular weight is 563 g/mol. The molecule has 3 amide bonds. The summed E-state index contributed by atoms with van der Waals surface area (Å²) in [6.07, 6.45) is 1.14. The number of carbonyl (C=O) groups excluding carboxylic acids is 3. The first kappa shape index (κ1) is 30.1. The Labute approximate surface area is 241 Å². The van der Waals surface area contributed by atoms with Gasteiger partial charge in [-0.1, -0.05) is 82.6 Å². The van der Waals surface area contributed by atoms with Gasteiger partial charge in [-0.05, 0) is 41.9 Å². The number of H-pyrrole nitrogens is 1. The van der Waals surface area contributed by atoms with Gasteiger partial charge in [0.1, 0.15) is 18.2 Å². The fraction of sp³-hybridized carbons (Fsp3) is 0.469. The second-order valence-corrected chi connectivity index (χ2v) is 11.5. The van der Waals surface area contributed by atoms with Gasteiger partial charge in [0.2, 0.25) is 11.8 Å². The molecule has 1 aliphatic rings. The van der Waals surface area contributed by atoms with Gasteiger partial charge in [-0.3, -0.25) is 9.59 Å². The number of aliphatic hydroxyl groups is 1. The molecule has 0 fully saturated rings. The van der Waals surface area contributed by atoms with Crippen molar-refractivity contribution >= 4 is 28.8 Å². The number of ether oxygens (including phenoxy) is 1. The largest absolute Gasteiger partial charge is 0.445 e. The Morgan fingerprint density at radius 2 is 1.73 bits per heavy atom. The van der Waals surface area contributed by atoms with E-state index in [2.05, 4.69) is 20.9 Å². The van der Waals surface area contributed by atoms with Crippen LogP contribution in [0, 0.1) is 11.8 Å². The number of benzene rings is 2. The molecular weight excluding hydrogens is 520 g/mol. The fourth-order valence-electron chi connectivity index (χ4n) is 5.39. The van der Waals surface area contributed by atoms with Crippen molar-refractivity contribution in [1.29, 1.82) is 0 Å². The number of hydrogen-bond donors (Lipinski definition) is 5. The lowest BCUT2D eigenvalue weighted by molar-refractivity contribution is -0.136. The van der Waals surface area contributed by atoms with Crippen molar-refractivity contribution in [2.24, 2.45) is 11.8 Å². The summed E-state index contributed by atoms with van der Waals surface area (Å²) in [6.45, 7) is 7.54. The Hall–Kier alpha value is -3.85. The Kier molecular flexibility index (Phi) is 9.70. The first-order valence-corrected chi connectivity index (χ1v) is 14.5. The highest BCUT2D eigenvalue weighted by Crippen LogP contribution is 2.34. The zero-order chi connectivity index (χ0) is 29.6. The smallest absolute Gasteiger partial charge is 0.408 e. The number of carbonyl (C=O) groups is 3. The van der Waals surface area contributed by atoms with E-state index in [0.717, 1.165) is 27.7 Å². The number of nitrogens with one attached hydrogen (secondary N) is 4. The summed E-state index contributed by atoms with van der Waals surface area (Å²) in [5, 5.41) is 19.8. The van der Waals surface area contributed by atoms with E-state index >= 15 is 0 Å². The van der Waals surface area contributed by atoms with E-state index in [4.69, 9.17) is 4.74 Å². The molecule has 9 nitrogen and oxygen atoms in total. The number of hydrogen-bond acceptors (Lipinski definition) is 5. The van der Waals surface area contributed by atoms with E-state index < -0.39 is 29.6 Å². The lowest BCUT2D eigenvalue weighted by atomic mass is 9.78. The zero-order valence-corrected chi connectivity index (χ0v) is 24.3. The number of aromatic amines is 1. The van der Waals surface area contributed by atoms with E-state index in [1.807, 2.05) is 82.3 Å². The summed E-state index contributed by atoms with van der Waals surface area (Å²) in [6, 6.07) is 15.9. The molecule has 4 rings (SSSR count). The summed E-state index contributed by atoms with van der Waals surface area (Å²) in [5.74, 6) is -1.01. The van der Waals surface area contributed by atoms with Crippen molar-refractivity contribution in [3.05, 3.63) is 71.4 Å². The molecule has 220 valence electrons. The van der Waals surface area contributed by atoms with Crippen molar-refractivity contribution in [3.8, 4) is 0 Å². The van der Waals surface area contributed by atoms with Crippen LogP contribution >= 0.6 is 0 Å². The van der Waals surface area contributed by atoms with Crippen LogP contribution in [0.5, 0.6) is 0 Å². The van der Waals surface area contributed by atoms with Crippen LogP contribution in [0.3, 0.4) is 0 Å². The maximum Gasteiger partial charge on any atom is 0.408 e. The first-order valence-electron chi connectivity index (χ1n) is 14.5. The molecule has 3 aromatic rings. The third-order valence-corrected chi connectivity index (χ3v) is 8.28. The monoisotopic (exact) mass is 562 g/mol. The van der Waals surface area contributed by atoms with Crippen molar-refractivity contribution in [1.82, 2.24) is 20.9 Å². The normalized spacial score (nSPS) is 18.7. The van der Waals surface area contributed by atoms with Gasteiger partial charge in [-0.25, -0.2) is 4.79 Å². The minimum Gasteiger partial charge on any atom is -0.445 e. The molecule has 4 unspecified atom stereocenters. The summed E-state index contributed by atoms with van der Waals surface area (Å²) >= 11 is 0. The predicted molar refractivity (Wildman–Crippen MR) is 158 cm³/mol. The highest BCUT2D eigenvalue weighted by atomic mass is 16.5. The van der Waals surface area contributed by atoms with Crippen molar-refractivity contribution in [2.45, 2.75) is 77.6 Å². The number of aryl methyl sites for hydroxylation is 1. The van der Waals surface area contributed by atoms with Gasteiger partial charge in [0.05, 0.1) is 12.6 Å². The van der Waals surface area contributed by atoms with Crippen LogP contribution in [0.25, 0.3) is 10.9 Å². The van der Waals surface area contributed by atoms with Crippen LogP contribution in [0.15, 0.2) is 54.6 Å². The summed E-state index contributed by atoms with van der Waals surface area (Å²) in [7, 11) is 0. The highest BCUT2D eigenvalue weighted by molar-refractivity contribution is 5.96. The van der Waals surface area contributed by atoms with E-state index in [9.17, 15) is 19.5 Å². The first-order chi connectivity index (χ1) is 19.7. The minimum atomic E-state index is -1.27. The van der Waals surface area contributed by atoms with Crippen molar-refractivity contribution < 1.29 is 24.2 Å². The molecule has 41 heavy (non-hydrogen) atoms. The summed E-state index contributed by atoms with van der Waals surface area (Å²) < 4.78 is 5.40. The second-order valence-electron chi connectivity index (χ2n) is 11.5. The molecular formula is C32H42N4O5. The van der Waals surface area contributed by atoms with E-state index in [1.54, 1.807) is 0 Å². The maximum absolute atomic E-state index is 14.0. The highest BCUT2D eigenvalue weighted by Gasteiger charge is 2.46. The van der Waals surface area contributed by atoms with Gasteiger partial charge in [0, 0.05) is 23.0 Å². The van der Waals surface area contributed by atoms with Crippen molar-refractivity contribution in [3.63, 3.8) is 0 Å².